The molecule has 29 heavy (non-hydrogen) atoms. The van der Waals surface area contributed by atoms with Crippen LogP contribution in [0.15, 0.2) is 54.6 Å². The summed E-state index contributed by atoms with van der Waals surface area (Å²) in [6.07, 6.45) is 1.92. The van der Waals surface area contributed by atoms with Gasteiger partial charge < -0.3 is 10.2 Å². The van der Waals surface area contributed by atoms with Crippen LogP contribution in [0.3, 0.4) is 0 Å². The molecule has 0 radical (unpaired) electrons. The van der Waals surface area contributed by atoms with Gasteiger partial charge in [0.1, 0.15) is 0 Å². The van der Waals surface area contributed by atoms with Gasteiger partial charge in [0.2, 0.25) is 5.91 Å². The molecule has 0 aromatic heterocycles. The van der Waals surface area contributed by atoms with Crippen molar-refractivity contribution < 1.29 is 4.79 Å². The van der Waals surface area contributed by atoms with Crippen molar-refractivity contribution in [3.05, 3.63) is 70.7 Å². The third-order valence-electron chi connectivity index (χ3n) is 6.10. The first kappa shape index (κ1) is 20.4. The van der Waals surface area contributed by atoms with Gasteiger partial charge in [-0.15, -0.1) is 0 Å². The third-order valence-corrected chi connectivity index (χ3v) is 6.44. The second kappa shape index (κ2) is 9.75. The summed E-state index contributed by atoms with van der Waals surface area (Å²) in [5.41, 5.74) is 2.50. The number of hydrogen-bond donors (Lipinski definition) is 1. The van der Waals surface area contributed by atoms with E-state index in [2.05, 4.69) is 45.4 Å². The number of nitrogens with zero attached hydrogens (tertiary/aromatic N) is 2. The Bertz CT molecular complexity index is 805. The number of halogens is 1. The fourth-order valence-electron chi connectivity index (χ4n) is 4.26. The van der Waals surface area contributed by atoms with E-state index in [-0.39, 0.29) is 11.8 Å². The molecule has 1 heterocycles. The molecular formula is C24H30ClN3O. The van der Waals surface area contributed by atoms with Gasteiger partial charge in [-0.05, 0) is 42.5 Å². The summed E-state index contributed by atoms with van der Waals surface area (Å²) in [5, 5.41) is 3.90. The van der Waals surface area contributed by atoms with Crippen molar-refractivity contribution >= 4 is 17.5 Å². The van der Waals surface area contributed by atoms with Crippen LogP contribution >= 0.6 is 11.6 Å². The zero-order valence-corrected chi connectivity index (χ0v) is 17.7. The average Bonchev–Trinajstić information content (AvgIpc) is 3.54. The van der Waals surface area contributed by atoms with E-state index in [9.17, 15) is 4.79 Å². The monoisotopic (exact) mass is 411 g/mol. The minimum atomic E-state index is 0.0939. The molecule has 1 aliphatic heterocycles. The smallest absolute Gasteiger partial charge is 0.223 e. The van der Waals surface area contributed by atoms with Crippen molar-refractivity contribution in [1.82, 2.24) is 15.1 Å². The van der Waals surface area contributed by atoms with E-state index in [0.29, 0.717) is 5.92 Å². The minimum absolute atomic E-state index is 0.0939. The van der Waals surface area contributed by atoms with Crippen LogP contribution in [0.25, 0.3) is 0 Å². The maximum absolute atomic E-state index is 12.4. The Balaban J connectivity index is 1.10. The molecule has 4 nitrogen and oxygen atoms in total. The number of hydrogen-bond acceptors (Lipinski definition) is 3. The zero-order valence-electron chi connectivity index (χ0n) is 16.9. The number of piperazine rings is 1. The van der Waals surface area contributed by atoms with E-state index in [1.165, 1.54) is 5.56 Å². The molecule has 1 aliphatic carbocycles. The Kier molecular flexibility index (Phi) is 6.86. The van der Waals surface area contributed by atoms with Gasteiger partial charge in [-0.25, -0.2) is 0 Å². The van der Waals surface area contributed by atoms with Crippen LogP contribution in [0.2, 0.25) is 5.02 Å². The molecule has 2 fully saturated rings. The quantitative estimate of drug-likeness (QED) is 0.671. The lowest BCUT2D eigenvalue weighted by Crippen LogP contribution is -2.46. The molecule has 1 saturated carbocycles. The second-order valence-electron chi connectivity index (χ2n) is 8.22. The van der Waals surface area contributed by atoms with E-state index in [1.54, 1.807) is 0 Å². The SMILES string of the molecule is O=C(NCCCN1CCN(Cc2ccccc2)CC1)C1CC1c1ccccc1Cl. The van der Waals surface area contributed by atoms with Crippen LogP contribution in [0.5, 0.6) is 0 Å². The summed E-state index contributed by atoms with van der Waals surface area (Å²) in [6.45, 7) is 7.30. The largest absolute Gasteiger partial charge is 0.356 e. The molecule has 2 aromatic rings. The molecule has 2 unspecified atom stereocenters. The summed E-state index contributed by atoms with van der Waals surface area (Å²) in [5.74, 6) is 0.570. The maximum atomic E-state index is 12.4. The summed E-state index contributed by atoms with van der Waals surface area (Å²) in [6, 6.07) is 18.6. The maximum Gasteiger partial charge on any atom is 0.223 e. The predicted molar refractivity (Wildman–Crippen MR) is 118 cm³/mol. The number of nitrogens with one attached hydrogen (secondary N) is 1. The molecule has 1 N–H and O–H groups in total. The van der Waals surface area contributed by atoms with Crippen LogP contribution < -0.4 is 5.32 Å². The first-order chi connectivity index (χ1) is 14.2. The highest BCUT2D eigenvalue weighted by Crippen LogP contribution is 2.49. The number of amides is 1. The van der Waals surface area contributed by atoms with Crippen molar-refractivity contribution in [1.29, 1.82) is 0 Å². The van der Waals surface area contributed by atoms with E-state index < -0.39 is 0 Å². The molecule has 0 bridgehead atoms. The van der Waals surface area contributed by atoms with Crippen LogP contribution in [-0.4, -0.2) is 55.0 Å². The molecule has 1 amide bonds. The molecule has 0 spiro atoms. The highest BCUT2D eigenvalue weighted by Gasteiger charge is 2.44. The lowest BCUT2D eigenvalue weighted by molar-refractivity contribution is -0.122. The normalized spacial score (nSPS) is 22.4. The highest BCUT2D eigenvalue weighted by molar-refractivity contribution is 6.31. The summed E-state index contributed by atoms with van der Waals surface area (Å²) < 4.78 is 0. The first-order valence-electron chi connectivity index (χ1n) is 10.7. The van der Waals surface area contributed by atoms with Gasteiger partial charge in [0.05, 0.1) is 0 Å². The number of carbonyl (C=O) groups excluding carboxylic acids is 1. The Labute approximate surface area is 178 Å². The van der Waals surface area contributed by atoms with Gasteiger partial charge in [0.15, 0.2) is 0 Å². The Hall–Kier alpha value is -1.88. The molecule has 2 aliphatic rings. The van der Waals surface area contributed by atoms with Gasteiger partial charge in [-0.3, -0.25) is 9.69 Å². The minimum Gasteiger partial charge on any atom is -0.356 e. The van der Waals surface area contributed by atoms with Crippen LogP contribution in [-0.2, 0) is 11.3 Å². The van der Waals surface area contributed by atoms with E-state index >= 15 is 0 Å². The van der Waals surface area contributed by atoms with Crippen molar-refractivity contribution in [2.45, 2.75) is 25.3 Å². The molecule has 1 saturated heterocycles. The molecule has 5 heteroatoms. The van der Waals surface area contributed by atoms with Gasteiger partial charge in [0, 0.05) is 50.2 Å². The Morgan fingerprint density at radius 2 is 1.66 bits per heavy atom. The molecular weight excluding hydrogens is 382 g/mol. The lowest BCUT2D eigenvalue weighted by Gasteiger charge is -2.34. The van der Waals surface area contributed by atoms with Crippen molar-refractivity contribution in [2.24, 2.45) is 5.92 Å². The summed E-state index contributed by atoms with van der Waals surface area (Å²) >= 11 is 6.26. The van der Waals surface area contributed by atoms with E-state index in [0.717, 1.165) is 69.2 Å². The topological polar surface area (TPSA) is 35.6 Å². The third kappa shape index (κ3) is 5.59. The van der Waals surface area contributed by atoms with Gasteiger partial charge in [0.25, 0.3) is 0 Å². The molecule has 154 valence electrons. The van der Waals surface area contributed by atoms with Crippen molar-refractivity contribution in [3.8, 4) is 0 Å². The highest BCUT2D eigenvalue weighted by atomic mass is 35.5. The van der Waals surface area contributed by atoms with Crippen molar-refractivity contribution in [2.75, 3.05) is 39.3 Å². The van der Waals surface area contributed by atoms with E-state index in [1.807, 2.05) is 24.3 Å². The molecule has 2 atom stereocenters. The Morgan fingerprint density at radius 3 is 2.41 bits per heavy atom. The van der Waals surface area contributed by atoms with Crippen LogP contribution in [0.4, 0.5) is 0 Å². The number of benzene rings is 2. The lowest BCUT2D eigenvalue weighted by atomic mass is 10.1. The van der Waals surface area contributed by atoms with Crippen molar-refractivity contribution in [3.63, 3.8) is 0 Å². The van der Waals surface area contributed by atoms with Gasteiger partial charge in [-0.1, -0.05) is 60.1 Å². The fraction of sp³-hybridized carbons (Fsp3) is 0.458. The zero-order chi connectivity index (χ0) is 20.1. The fourth-order valence-corrected chi connectivity index (χ4v) is 4.54. The number of rotatable bonds is 8. The predicted octanol–water partition coefficient (Wildman–Crippen LogP) is 3.77. The average molecular weight is 412 g/mol. The number of carbonyl (C=O) groups is 1. The summed E-state index contributed by atoms with van der Waals surface area (Å²) in [7, 11) is 0. The van der Waals surface area contributed by atoms with E-state index in [4.69, 9.17) is 11.6 Å². The molecule has 2 aromatic carbocycles. The van der Waals surface area contributed by atoms with Crippen LogP contribution in [0.1, 0.15) is 29.9 Å². The second-order valence-corrected chi connectivity index (χ2v) is 8.63. The molecule has 4 rings (SSSR count). The standard InChI is InChI=1S/C24H30ClN3O/c25-23-10-5-4-9-20(23)21-17-22(21)24(29)26-11-6-12-27-13-15-28(16-14-27)18-19-7-2-1-3-8-19/h1-5,7-10,21-22H,6,11-18H2,(H,26,29). The Morgan fingerprint density at radius 1 is 0.966 bits per heavy atom. The van der Waals surface area contributed by atoms with Gasteiger partial charge >= 0.3 is 0 Å². The van der Waals surface area contributed by atoms with Crippen LogP contribution in [0, 0.1) is 5.92 Å². The summed E-state index contributed by atoms with van der Waals surface area (Å²) in [4.78, 5) is 17.4. The first-order valence-corrected chi connectivity index (χ1v) is 11.1. The van der Waals surface area contributed by atoms with Gasteiger partial charge in [-0.2, -0.15) is 0 Å².